The number of aromatic carboxylic acids is 1. The van der Waals surface area contributed by atoms with Gasteiger partial charge in [0.2, 0.25) is 11.8 Å². The maximum atomic E-state index is 11.9. The van der Waals surface area contributed by atoms with E-state index in [1.807, 2.05) is 0 Å². The van der Waals surface area contributed by atoms with Crippen LogP contribution in [0.5, 0.6) is 0 Å². The number of nitrogens with one attached hydrogen (secondary N) is 1. The van der Waals surface area contributed by atoms with Crippen molar-refractivity contribution in [2.45, 2.75) is 25.7 Å². The fourth-order valence-corrected chi connectivity index (χ4v) is 2.83. The maximum absolute atomic E-state index is 11.9. The number of anilines is 1. The highest BCUT2D eigenvalue weighted by Gasteiger charge is 2.20. The first-order valence-electron chi connectivity index (χ1n) is 6.46. The van der Waals surface area contributed by atoms with Crippen molar-refractivity contribution in [2.75, 3.05) is 18.4 Å². The summed E-state index contributed by atoms with van der Waals surface area (Å²) in [6, 6.07) is 1.55. The van der Waals surface area contributed by atoms with Gasteiger partial charge in [0.25, 0.3) is 0 Å². The minimum absolute atomic E-state index is 0.0126. The van der Waals surface area contributed by atoms with Crippen molar-refractivity contribution in [3.05, 3.63) is 16.3 Å². The van der Waals surface area contributed by atoms with Crippen molar-refractivity contribution < 1.29 is 19.5 Å². The lowest BCUT2D eigenvalue weighted by Gasteiger charge is -2.19. The van der Waals surface area contributed by atoms with Crippen molar-refractivity contribution in [1.82, 2.24) is 4.90 Å². The number of amides is 2. The second-order valence-corrected chi connectivity index (χ2v) is 5.56. The highest BCUT2D eigenvalue weighted by Crippen LogP contribution is 2.22. The molecule has 6 nitrogen and oxygen atoms in total. The first-order valence-corrected chi connectivity index (χ1v) is 7.34. The quantitative estimate of drug-likeness (QED) is 0.886. The zero-order valence-electron chi connectivity index (χ0n) is 10.9. The number of nitrogens with zero attached hydrogens (tertiary/aromatic N) is 1. The fraction of sp³-hybridized carbons (Fsp3) is 0.462. The van der Waals surface area contributed by atoms with E-state index in [1.165, 1.54) is 4.90 Å². The zero-order chi connectivity index (χ0) is 14.5. The van der Waals surface area contributed by atoms with Crippen molar-refractivity contribution in [3.63, 3.8) is 0 Å². The monoisotopic (exact) mass is 296 g/mol. The average Bonchev–Trinajstić information content (AvgIpc) is 2.75. The third-order valence-electron chi connectivity index (χ3n) is 3.14. The first-order chi connectivity index (χ1) is 9.58. The van der Waals surface area contributed by atoms with Crippen LogP contribution in [-0.4, -0.2) is 40.9 Å². The van der Waals surface area contributed by atoms with E-state index >= 15 is 0 Å². The molecular weight excluding hydrogens is 280 g/mol. The molecule has 7 heteroatoms. The van der Waals surface area contributed by atoms with Crippen LogP contribution in [0.1, 0.15) is 35.4 Å². The molecular formula is C13H16N2O4S. The Balaban J connectivity index is 1.96. The van der Waals surface area contributed by atoms with Crippen LogP contribution in [0.15, 0.2) is 11.4 Å². The summed E-state index contributed by atoms with van der Waals surface area (Å²) in [5.74, 6) is -1.44. The topological polar surface area (TPSA) is 86.7 Å². The lowest BCUT2D eigenvalue weighted by Crippen LogP contribution is -2.37. The molecule has 0 aliphatic carbocycles. The lowest BCUT2D eigenvalue weighted by atomic mass is 10.2. The molecule has 2 amide bonds. The molecule has 0 bridgehead atoms. The number of likely N-dealkylation sites (tertiary alicyclic amines) is 1. The second kappa shape index (κ2) is 6.51. The number of carboxylic acid groups (broad SMARTS) is 1. The Morgan fingerprint density at radius 3 is 2.90 bits per heavy atom. The zero-order valence-corrected chi connectivity index (χ0v) is 11.7. The molecule has 1 saturated heterocycles. The number of hydrogen-bond acceptors (Lipinski definition) is 4. The van der Waals surface area contributed by atoms with Gasteiger partial charge in [-0.15, -0.1) is 11.3 Å². The van der Waals surface area contributed by atoms with E-state index in [4.69, 9.17) is 5.11 Å². The molecule has 20 heavy (non-hydrogen) atoms. The van der Waals surface area contributed by atoms with Crippen LogP contribution < -0.4 is 5.32 Å². The summed E-state index contributed by atoms with van der Waals surface area (Å²) in [5.41, 5.74) is 0.287. The predicted octanol–water partition coefficient (Wildman–Crippen LogP) is 1.79. The van der Waals surface area contributed by atoms with E-state index in [-0.39, 0.29) is 28.9 Å². The summed E-state index contributed by atoms with van der Waals surface area (Å²) >= 11 is 1.05. The Morgan fingerprint density at radius 1 is 1.35 bits per heavy atom. The lowest BCUT2D eigenvalue weighted by molar-refractivity contribution is -0.134. The summed E-state index contributed by atoms with van der Waals surface area (Å²) in [4.78, 5) is 36.3. The van der Waals surface area contributed by atoms with Crippen LogP contribution >= 0.6 is 11.3 Å². The van der Waals surface area contributed by atoms with Gasteiger partial charge in [0.05, 0.1) is 12.2 Å². The Hall–Kier alpha value is -1.89. The van der Waals surface area contributed by atoms with Gasteiger partial charge in [0.1, 0.15) is 4.88 Å². The highest BCUT2D eigenvalue weighted by atomic mass is 32.1. The third kappa shape index (κ3) is 3.57. The third-order valence-corrected chi connectivity index (χ3v) is 4.04. The van der Waals surface area contributed by atoms with Crippen LogP contribution in [0.4, 0.5) is 5.69 Å². The molecule has 1 fully saturated rings. The summed E-state index contributed by atoms with van der Waals surface area (Å²) in [5, 5.41) is 13.1. The normalized spacial score (nSPS) is 15.8. The Bertz CT molecular complexity index is 526. The van der Waals surface area contributed by atoms with Crippen molar-refractivity contribution in [3.8, 4) is 0 Å². The fourth-order valence-electron chi connectivity index (χ4n) is 2.14. The van der Waals surface area contributed by atoms with Crippen LogP contribution in [0.25, 0.3) is 0 Å². The number of carboxylic acids is 1. The van der Waals surface area contributed by atoms with Crippen LogP contribution in [0.2, 0.25) is 0 Å². The van der Waals surface area contributed by atoms with Gasteiger partial charge in [-0.2, -0.15) is 0 Å². The van der Waals surface area contributed by atoms with E-state index in [9.17, 15) is 14.4 Å². The molecule has 0 atom stereocenters. The van der Waals surface area contributed by atoms with E-state index in [2.05, 4.69) is 5.32 Å². The SMILES string of the molecule is O=C(CN1CCCCCC1=O)Nc1ccsc1C(=O)O. The molecule has 0 aromatic carbocycles. The molecule has 0 unspecified atom stereocenters. The highest BCUT2D eigenvalue weighted by molar-refractivity contribution is 7.12. The maximum Gasteiger partial charge on any atom is 0.348 e. The summed E-state index contributed by atoms with van der Waals surface area (Å²) in [6.45, 7) is 0.565. The first kappa shape index (κ1) is 14.5. The molecule has 0 radical (unpaired) electrons. The number of hydrogen-bond donors (Lipinski definition) is 2. The van der Waals surface area contributed by atoms with Gasteiger partial charge in [-0.25, -0.2) is 4.79 Å². The minimum atomic E-state index is -1.07. The molecule has 0 spiro atoms. The van der Waals surface area contributed by atoms with Gasteiger partial charge >= 0.3 is 5.97 Å². The van der Waals surface area contributed by atoms with Crippen molar-refractivity contribution in [1.29, 1.82) is 0 Å². The van der Waals surface area contributed by atoms with E-state index < -0.39 is 5.97 Å². The Morgan fingerprint density at radius 2 is 2.15 bits per heavy atom. The molecule has 1 aromatic rings. The molecule has 108 valence electrons. The average molecular weight is 296 g/mol. The van der Waals surface area contributed by atoms with Gasteiger partial charge < -0.3 is 15.3 Å². The molecule has 1 aliphatic rings. The molecule has 2 N–H and O–H groups in total. The molecule has 0 saturated carbocycles. The number of thiophene rings is 1. The van der Waals surface area contributed by atoms with Crippen molar-refractivity contribution in [2.24, 2.45) is 0 Å². The van der Waals surface area contributed by atoms with Gasteiger partial charge in [0.15, 0.2) is 0 Å². The summed E-state index contributed by atoms with van der Waals surface area (Å²) in [6.07, 6.45) is 3.24. The number of rotatable bonds is 4. The van der Waals surface area contributed by atoms with E-state index in [0.717, 1.165) is 30.6 Å². The van der Waals surface area contributed by atoms with Crippen LogP contribution in [-0.2, 0) is 9.59 Å². The Labute approximate surface area is 120 Å². The number of carbonyl (C=O) groups excluding carboxylic acids is 2. The number of carbonyl (C=O) groups is 3. The summed E-state index contributed by atoms with van der Waals surface area (Å²) < 4.78 is 0. The molecule has 1 aromatic heterocycles. The van der Waals surface area contributed by atoms with Gasteiger partial charge in [-0.3, -0.25) is 9.59 Å². The minimum Gasteiger partial charge on any atom is -0.477 e. The van der Waals surface area contributed by atoms with E-state index in [1.54, 1.807) is 11.4 Å². The molecule has 2 rings (SSSR count). The van der Waals surface area contributed by atoms with Crippen LogP contribution in [0, 0.1) is 0 Å². The van der Waals surface area contributed by atoms with Crippen molar-refractivity contribution >= 4 is 34.8 Å². The molecule has 1 aliphatic heterocycles. The predicted molar refractivity (Wildman–Crippen MR) is 75.0 cm³/mol. The summed E-state index contributed by atoms with van der Waals surface area (Å²) in [7, 11) is 0. The van der Waals surface area contributed by atoms with Gasteiger partial charge in [-0.05, 0) is 24.3 Å². The van der Waals surface area contributed by atoms with E-state index in [0.29, 0.717) is 13.0 Å². The largest absolute Gasteiger partial charge is 0.477 e. The molecule has 2 heterocycles. The van der Waals surface area contributed by atoms with Crippen LogP contribution in [0.3, 0.4) is 0 Å². The smallest absolute Gasteiger partial charge is 0.348 e. The Kier molecular flexibility index (Phi) is 4.73. The standard InChI is InChI=1S/C13H16N2O4S/c16-10(8-15-6-3-1-2-4-11(15)17)14-9-5-7-20-12(9)13(18)19/h5,7H,1-4,6,8H2,(H,14,16)(H,18,19). The van der Waals surface area contributed by atoms with Gasteiger partial charge in [-0.1, -0.05) is 6.42 Å². The van der Waals surface area contributed by atoms with Gasteiger partial charge in [0, 0.05) is 13.0 Å². The second-order valence-electron chi connectivity index (χ2n) is 4.64.